The van der Waals surface area contributed by atoms with E-state index in [1.807, 2.05) is 0 Å². The van der Waals surface area contributed by atoms with Gasteiger partial charge in [0, 0.05) is 0 Å². The molecule has 0 saturated heterocycles. The van der Waals surface area contributed by atoms with Gasteiger partial charge in [-0.2, -0.15) is 4.98 Å². The van der Waals surface area contributed by atoms with Crippen molar-refractivity contribution in [2.24, 2.45) is 0 Å². The molecular weight excluding hydrogens is 208 g/mol. The summed E-state index contributed by atoms with van der Waals surface area (Å²) >= 11 is 0. The molecule has 3 rings (SSSR count). The Hall–Kier alpha value is -2.43. The first kappa shape index (κ1) is 8.84. The maximum Gasteiger partial charge on any atom is 0.348 e. The molecule has 0 aliphatic heterocycles. The number of furan rings is 1. The minimum absolute atomic E-state index is 0.352. The quantitative estimate of drug-likeness (QED) is 0.618. The van der Waals surface area contributed by atoms with E-state index in [4.69, 9.17) is 4.42 Å². The SMILES string of the molecule is O=c1ocnc2nc(-c3ccco3)ccc12. The first-order chi connectivity index (χ1) is 7.84. The standard InChI is InChI=1S/C11H6N2O3/c14-11-7-3-4-8(9-2-1-5-15-9)13-10(7)12-6-16-11/h1-6H. The van der Waals surface area contributed by atoms with Crippen LogP contribution in [0.1, 0.15) is 0 Å². The Morgan fingerprint density at radius 2 is 2.06 bits per heavy atom. The van der Waals surface area contributed by atoms with Gasteiger partial charge in [0.1, 0.15) is 11.1 Å². The van der Waals surface area contributed by atoms with E-state index >= 15 is 0 Å². The van der Waals surface area contributed by atoms with Gasteiger partial charge >= 0.3 is 5.63 Å². The molecule has 0 amide bonds. The summed E-state index contributed by atoms with van der Waals surface area (Å²) in [4.78, 5) is 19.4. The zero-order valence-corrected chi connectivity index (χ0v) is 8.08. The highest BCUT2D eigenvalue weighted by atomic mass is 16.4. The van der Waals surface area contributed by atoms with Crippen molar-refractivity contribution in [2.45, 2.75) is 0 Å². The fourth-order valence-corrected chi connectivity index (χ4v) is 1.46. The third kappa shape index (κ3) is 1.30. The monoisotopic (exact) mass is 214 g/mol. The molecule has 0 spiro atoms. The van der Waals surface area contributed by atoms with Crippen LogP contribution < -0.4 is 5.63 Å². The summed E-state index contributed by atoms with van der Waals surface area (Å²) in [6.45, 7) is 0. The van der Waals surface area contributed by atoms with E-state index in [9.17, 15) is 4.79 Å². The lowest BCUT2D eigenvalue weighted by atomic mass is 10.2. The van der Waals surface area contributed by atoms with Crippen molar-refractivity contribution in [1.29, 1.82) is 0 Å². The molecule has 0 unspecified atom stereocenters. The van der Waals surface area contributed by atoms with E-state index in [-0.39, 0.29) is 0 Å². The molecule has 3 aromatic heterocycles. The summed E-state index contributed by atoms with van der Waals surface area (Å²) in [5, 5.41) is 0.359. The number of fused-ring (bicyclic) bond motifs is 1. The average Bonchev–Trinajstić information content (AvgIpc) is 2.82. The fraction of sp³-hybridized carbons (Fsp3) is 0. The van der Waals surface area contributed by atoms with Gasteiger partial charge in [0.25, 0.3) is 0 Å². The summed E-state index contributed by atoms with van der Waals surface area (Å²) in [6, 6.07) is 6.88. The molecule has 0 fully saturated rings. The largest absolute Gasteiger partial charge is 0.463 e. The van der Waals surface area contributed by atoms with Gasteiger partial charge in [0.15, 0.2) is 17.8 Å². The van der Waals surface area contributed by atoms with Gasteiger partial charge in [0.05, 0.1) is 6.26 Å². The van der Waals surface area contributed by atoms with E-state index in [0.717, 1.165) is 6.39 Å². The Balaban J connectivity index is 2.28. The second-order valence-corrected chi connectivity index (χ2v) is 3.18. The molecule has 5 heteroatoms. The Morgan fingerprint density at radius 3 is 2.88 bits per heavy atom. The number of rotatable bonds is 1. The number of nitrogens with zero attached hydrogens (tertiary/aromatic N) is 2. The van der Waals surface area contributed by atoms with Crippen molar-refractivity contribution in [3.63, 3.8) is 0 Å². The van der Waals surface area contributed by atoms with Gasteiger partial charge < -0.3 is 8.83 Å². The molecule has 0 saturated carbocycles. The normalized spacial score (nSPS) is 10.8. The van der Waals surface area contributed by atoms with Gasteiger partial charge in [-0.25, -0.2) is 9.78 Å². The predicted octanol–water partition coefficient (Wildman–Crippen LogP) is 1.84. The molecule has 0 aliphatic carbocycles. The minimum Gasteiger partial charge on any atom is -0.463 e. The molecular formula is C11H6N2O3. The number of aromatic nitrogens is 2. The van der Waals surface area contributed by atoms with Crippen molar-refractivity contribution < 1.29 is 8.83 Å². The molecule has 0 aromatic carbocycles. The average molecular weight is 214 g/mol. The lowest BCUT2D eigenvalue weighted by molar-refractivity contribution is 0.500. The summed E-state index contributed by atoms with van der Waals surface area (Å²) in [7, 11) is 0. The first-order valence-electron chi connectivity index (χ1n) is 4.63. The second-order valence-electron chi connectivity index (χ2n) is 3.18. The van der Waals surface area contributed by atoms with E-state index in [1.54, 1.807) is 30.5 Å². The van der Waals surface area contributed by atoms with Crippen LogP contribution in [0.4, 0.5) is 0 Å². The Labute approximate surface area is 89.4 Å². The summed E-state index contributed by atoms with van der Waals surface area (Å²) < 4.78 is 9.85. The third-order valence-corrected chi connectivity index (χ3v) is 2.20. The van der Waals surface area contributed by atoms with E-state index in [2.05, 4.69) is 14.4 Å². The molecule has 0 N–H and O–H groups in total. The molecule has 0 aliphatic rings. The zero-order chi connectivity index (χ0) is 11.0. The number of hydrogen-bond donors (Lipinski definition) is 0. The van der Waals surface area contributed by atoms with Crippen molar-refractivity contribution in [3.05, 3.63) is 47.3 Å². The van der Waals surface area contributed by atoms with E-state index in [0.29, 0.717) is 22.5 Å². The minimum atomic E-state index is -0.441. The molecule has 5 nitrogen and oxygen atoms in total. The number of hydrogen-bond acceptors (Lipinski definition) is 5. The highest BCUT2D eigenvalue weighted by molar-refractivity contribution is 5.75. The summed E-state index contributed by atoms with van der Waals surface area (Å²) in [5.74, 6) is 0.636. The highest BCUT2D eigenvalue weighted by Gasteiger charge is 2.06. The maximum absolute atomic E-state index is 11.3. The van der Waals surface area contributed by atoms with Crippen molar-refractivity contribution in [1.82, 2.24) is 9.97 Å². The van der Waals surface area contributed by atoms with E-state index < -0.39 is 5.63 Å². The van der Waals surface area contributed by atoms with Crippen LogP contribution in [0.2, 0.25) is 0 Å². The van der Waals surface area contributed by atoms with Crippen LogP contribution in [0.25, 0.3) is 22.5 Å². The maximum atomic E-state index is 11.3. The van der Waals surface area contributed by atoms with Crippen LogP contribution in [-0.2, 0) is 0 Å². The van der Waals surface area contributed by atoms with Gasteiger partial charge in [-0.1, -0.05) is 0 Å². The van der Waals surface area contributed by atoms with Crippen LogP contribution in [0, 0.1) is 0 Å². The Morgan fingerprint density at radius 1 is 1.12 bits per heavy atom. The van der Waals surface area contributed by atoms with Crippen LogP contribution >= 0.6 is 0 Å². The molecule has 3 aromatic rings. The van der Waals surface area contributed by atoms with Crippen molar-refractivity contribution in [3.8, 4) is 11.5 Å². The van der Waals surface area contributed by atoms with Gasteiger partial charge in [0.2, 0.25) is 0 Å². The predicted molar refractivity (Wildman–Crippen MR) is 55.8 cm³/mol. The van der Waals surface area contributed by atoms with Crippen LogP contribution in [0.3, 0.4) is 0 Å². The van der Waals surface area contributed by atoms with E-state index in [1.165, 1.54) is 0 Å². The second kappa shape index (κ2) is 3.30. The molecule has 0 radical (unpaired) electrons. The smallest absolute Gasteiger partial charge is 0.348 e. The highest BCUT2D eigenvalue weighted by Crippen LogP contribution is 2.18. The Kier molecular flexibility index (Phi) is 1.83. The van der Waals surface area contributed by atoms with Crippen LogP contribution in [0.15, 0.2) is 50.6 Å². The fourth-order valence-electron chi connectivity index (χ4n) is 1.46. The lowest BCUT2D eigenvalue weighted by Gasteiger charge is -1.97. The van der Waals surface area contributed by atoms with Crippen LogP contribution in [0.5, 0.6) is 0 Å². The summed E-state index contributed by atoms with van der Waals surface area (Å²) in [5.41, 5.74) is 0.546. The third-order valence-electron chi connectivity index (χ3n) is 2.20. The van der Waals surface area contributed by atoms with Crippen molar-refractivity contribution in [2.75, 3.05) is 0 Å². The van der Waals surface area contributed by atoms with Gasteiger partial charge in [-0.3, -0.25) is 0 Å². The van der Waals surface area contributed by atoms with Crippen molar-refractivity contribution >= 4 is 11.0 Å². The Bertz CT molecular complexity index is 686. The topological polar surface area (TPSA) is 69.1 Å². The lowest BCUT2D eigenvalue weighted by Crippen LogP contribution is -2.01. The molecule has 0 atom stereocenters. The molecule has 0 bridgehead atoms. The zero-order valence-electron chi connectivity index (χ0n) is 8.08. The molecule has 16 heavy (non-hydrogen) atoms. The summed E-state index contributed by atoms with van der Waals surface area (Å²) in [6.07, 6.45) is 2.65. The first-order valence-corrected chi connectivity index (χ1v) is 4.63. The molecule has 3 heterocycles. The van der Waals surface area contributed by atoms with Gasteiger partial charge in [-0.05, 0) is 24.3 Å². The molecule has 78 valence electrons. The van der Waals surface area contributed by atoms with Gasteiger partial charge in [-0.15, -0.1) is 0 Å². The number of pyridine rings is 1. The van der Waals surface area contributed by atoms with Crippen LogP contribution in [-0.4, -0.2) is 9.97 Å².